The number of rotatable bonds is 4. The number of aliphatic carboxylic acids is 1. The summed E-state index contributed by atoms with van der Waals surface area (Å²) in [6, 6.07) is 6.83. The van der Waals surface area contributed by atoms with Crippen molar-refractivity contribution in [2.75, 3.05) is 5.75 Å². The van der Waals surface area contributed by atoms with E-state index in [4.69, 9.17) is 0 Å². The van der Waals surface area contributed by atoms with Crippen LogP contribution < -0.4 is 0 Å². The van der Waals surface area contributed by atoms with Crippen LogP contribution in [-0.2, 0) is 16.0 Å². The van der Waals surface area contributed by atoms with Crippen LogP contribution in [0.25, 0.3) is 0 Å². The van der Waals surface area contributed by atoms with Gasteiger partial charge in [-0.25, -0.2) is 4.79 Å². The van der Waals surface area contributed by atoms with Crippen LogP contribution in [0.2, 0.25) is 0 Å². The van der Waals surface area contributed by atoms with Gasteiger partial charge in [-0.15, -0.1) is 11.8 Å². The fourth-order valence-electron chi connectivity index (χ4n) is 2.46. The largest absolute Gasteiger partial charge is 0.480 e. The SMILES string of the molecule is CC(C)C1SCC(C(=O)O)N1C(=O)Cc1cccc(Br)c1. The molecule has 0 aliphatic carbocycles. The van der Waals surface area contributed by atoms with Gasteiger partial charge in [0.05, 0.1) is 11.8 Å². The van der Waals surface area contributed by atoms with Crippen LogP contribution in [0.4, 0.5) is 0 Å². The average Bonchev–Trinajstić information content (AvgIpc) is 2.83. The van der Waals surface area contributed by atoms with Crippen molar-refractivity contribution in [2.45, 2.75) is 31.7 Å². The maximum Gasteiger partial charge on any atom is 0.327 e. The molecule has 114 valence electrons. The van der Waals surface area contributed by atoms with Crippen LogP contribution in [0.15, 0.2) is 28.7 Å². The molecule has 0 spiro atoms. The third kappa shape index (κ3) is 3.80. The van der Waals surface area contributed by atoms with Gasteiger partial charge in [-0.2, -0.15) is 0 Å². The van der Waals surface area contributed by atoms with E-state index in [2.05, 4.69) is 15.9 Å². The lowest BCUT2D eigenvalue weighted by Gasteiger charge is -2.29. The zero-order valence-electron chi connectivity index (χ0n) is 12.0. The Morgan fingerprint density at radius 3 is 2.76 bits per heavy atom. The maximum atomic E-state index is 12.6. The van der Waals surface area contributed by atoms with Crippen molar-refractivity contribution in [2.24, 2.45) is 5.92 Å². The van der Waals surface area contributed by atoms with Gasteiger partial charge in [0.25, 0.3) is 0 Å². The fraction of sp³-hybridized carbons (Fsp3) is 0.467. The molecule has 1 aromatic rings. The molecule has 1 heterocycles. The van der Waals surface area contributed by atoms with Gasteiger partial charge < -0.3 is 10.0 Å². The Bertz CT molecular complexity index is 549. The number of amides is 1. The zero-order chi connectivity index (χ0) is 15.6. The first kappa shape index (κ1) is 16.4. The number of carbonyl (C=O) groups excluding carboxylic acids is 1. The smallest absolute Gasteiger partial charge is 0.327 e. The quantitative estimate of drug-likeness (QED) is 0.883. The average molecular weight is 372 g/mol. The van der Waals surface area contributed by atoms with Crippen molar-refractivity contribution in [1.29, 1.82) is 0 Å². The molecule has 0 saturated carbocycles. The molecule has 21 heavy (non-hydrogen) atoms. The van der Waals surface area contributed by atoms with E-state index in [1.54, 1.807) is 16.7 Å². The molecule has 2 rings (SSSR count). The normalized spacial score (nSPS) is 21.8. The van der Waals surface area contributed by atoms with Gasteiger partial charge >= 0.3 is 5.97 Å². The number of nitrogens with zero attached hydrogens (tertiary/aromatic N) is 1. The van der Waals surface area contributed by atoms with Crippen LogP contribution in [0.3, 0.4) is 0 Å². The molecule has 1 aliphatic heterocycles. The second-order valence-corrected chi connectivity index (χ2v) is 7.49. The Kier molecular flexibility index (Phi) is 5.32. The lowest BCUT2D eigenvalue weighted by Crippen LogP contribution is -2.47. The highest BCUT2D eigenvalue weighted by atomic mass is 79.9. The topological polar surface area (TPSA) is 57.6 Å². The molecule has 1 fully saturated rings. The second-order valence-electron chi connectivity index (χ2n) is 5.43. The minimum Gasteiger partial charge on any atom is -0.480 e. The van der Waals surface area contributed by atoms with Crippen LogP contribution in [0, 0.1) is 5.92 Å². The number of benzene rings is 1. The Labute approximate surface area is 137 Å². The standard InChI is InChI=1S/C15H18BrNO3S/c1-9(2)14-17(12(8-21-14)15(19)20)13(18)7-10-4-3-5-11(16)6-10/h3-6,9,12,14H,7-8H2,1-2H3,(H,19,20). The number of thioether (sulfide) groups is 1. The van der Waals surface area contributed by atoms with E-state index in [1.807, 2.05) is 38.1 Å². The molecule has 0 bridgehead atoms. The molecule has 0 radical (unpaired) electrons. The van der Waals surface area contributed by atoms with Crippen molar-refractivity contribution in [3.63, 3.8) is 0 Å². The van der Waals surface area contributed by atoms with E-state index in [0.29, 0.717) is 5.75 Å². The first-order valence-corrected chi connectivity index (χ1v) is 8.64. The summed E-state index contributed by atoms with van der Waals surface area (Å²) in [6.45, 7) is 4.03. The summed E-state index contributed by atoms with van der Waals surface area (Å²) in [5.74, 6) is -0.356. The monoisotopic (exact) mass is 371 g/mol. The first-order chi connectivity index (χ1) is 9.90. The zero-order valence-corrected chi connectivity index (χ0v) is 14.4. The minimum atomic E-state index is -0.923. The lowest BCUT2D eigenvalue weighted by molar-refractivity contribution is -0.149. The summed E-state index contributed by atoms with van der Waals surface area (Å²) in [5.41, 5.74) is 0.887. The van der Waals surface area contributed by atoms with Crippen molar-refractivity contribution in [1.82, 2.24) is 4.90 Å². The predicted molar refractivity (Wildman–Crippen MR) is 87.2 cm³/mol. The number of carboxylic acids is 1. The minimum absolute atomic E-state index is 0.0641. The van der Waals surface area contributed by atoms with Gasteiger partial charge in [0.1, 0.15) is 6.04 Å². The van der Waals surface area contributed by atoms with Crippen LogP contribution in [0.1, 0.15) is 19.4 Å². The van der Waals surface area contributed by atoms with E-state index in [1.165, 1.54) is 0 Å². The highest BCUT2D eigenvalue weighted by molar-refractivity contribution is 9.10. The third-order valence-electron chi connectivity index (χ3n) is 3.42. The van der Waals surface area contributed by atoms with Gasteiger partial charge in [-0.3, -0.25) is 4.79 Å². The number of carboxylic acid groups (broad SMARTS) is 1. The van der Waals surface area contributed by atoms with Gasteiger partial charge in [0.15, 0.2) is 0 Å². The molecular formula is C15H18BrNO3S. The molecule has 1 amide bonds. The summed E-state index contributed by atoms with van der Waals surface area (Å²) in [6.07, 6.45) is 0.229. The molecule has 4 nitrogen and oxygen atoms in total. The lowest BCUT2D eigenvalue weighted by atomic mass is 10.1. The van der Waals surface area contributed by atoms with Gasteiger partial charge in [-0.05, 0) is 23.6 Å². The van der Waals surface area contributed by atoms with E-state index >= 15 is 0 Å². The Morgan fingerprint density at radius 1 is 1.48 bits per heavy atom. The highest BCUT2D eigenvalue weighted by Crippen LogP contribution is 2.34. The van der Waals surface area contributed by atoms with E-state index < -0.39 is 12.0 Å². The molecule has 2 unspecified atom stereocenters. The molecule has 6 heteroatoms. The summed E-state index contributed by atoms with van der Waals surface area (Å²) in [4.78, 5) is 25.5. The van der Waals surface area contributed by atoms with E-state index in [-0.39, 0.29) is 23.6 Å². The molecule has 1 aromatic carbocycles. The number of hydrogen-bond donors (Lipinski definition) is 1. The van der Waals surface area contributed by atoms with Crippen LogP contribution >= 0.6 is 27.7 Å². The molecule has 1 N–H and O–H groups in total. The predicted octanol–water partition coefficient (Wildman–Crippen LogP) is 3.00. The van der Waals surface area contributed by atoms with Gasteiger partial charge in [-0.1, -0.05) is 41.9 Å². The van der Waals surface area contributed by atoms with E-state index in [9.17, 15) is 14.7 Å². The van der Waals surface area contributed by atoms with Crippen LogP contribution in [0.5, 0.6) is 0 Å². The van der Waals surface area contributed by atoms with Crippen molar-refractivity contribution < 1.29 is 14.7 Å². The molecule has 0 aromatic heterocycles. The Morgan fingerprint density at radius 2 is 2.19 bits per heavy atom. The number of halogens is 1. The molecule has 1 aliphatic rings. The van der Waals surface area contributed by atoms with Crippen molar-refractivity contribution in [3.8, 4) is 0 Å². The van der Waals surface area contributed by atoms with Gasteiger partial charge in [0.2, 0.25) is 5.91 Å². The first-order valence-electron chi connectivity index (χ1n) is 6.80. The number of carbonyl (C=O) groups is 2. The Hall–Kier alpha value is -1.01. The summed E-state index contributed by atoms with van der Waals surface area (Å²) >= 11 is 4.93. The summed E-state index contributed by atoms with van der Waals surface area (Å²) < 4.78 is 0.916. The van der Waals surface area contributed by atoms with Crippen LogP contribution in [-0.4, -0.2) is 39.1 Å². The fourth-order valence-corrected chi connectivity index (χ4v) is 4.40. The van der Waals surface area contributed by atoms with Gasteiger partial charge in [0, 0.05) is 10.2 Å². The van der Waals surface area contributed by atoms with E-state index in [0.717, 1.165) is 10.0 Å². The highest BCUT2D eigenvalue weighted by Gasteiger charge is 2.42. The third-order valence-corrected chi connectivity index (χ3v) is 5.54. The Balaban J connectivity index is 2.19. The second kappa shape index (κ2) is 6.83. The number of hydrogen-bond acceptors (Lipinski definition) is 3. The summed E-state index contributed by atoms with van der Waals surface area (Å²) in [7, 11) is 0. The summed E-state index contributed by atoms with van der Waals surface area (Å²) in [5, 5.41) is 9.26. The molecule has 1 saturated heterocycles. The maximum absolute atomic E-state index is 12.6. The molecular weight excluding hydrogens is 354 g/mol. The van der Waals surface area contributed by atoms with Crippen molar-refractivity contribution in [3.05, 3.63) is 34.3 Å². The van der Waals surface area contributed by atoms with Crippen molar-refractivity contribution >= 4 is 39.6 Å². The molecule has 2 atom stereocenters.